The van der Waals surface area contributed by atoms with Gasteiger partial charge in [-0.2, -0.15) is 13.2 Å². The van der Waals surface area contributed by atoms with E-state index in [9.17, 15) is 22.8 Å². The fourth-order valence-corrected chi connectivity index (χ4v) is 1.80. The van der Waals surface area contributed by atoms with E-state index in [2.05, 4.69) is 0 Å². The monoisotopic (exact) mass is 342 g/mol. The largest absolute Gasteiger partial charge is 0.417 e. The Morgan fingerprint density at radius 2 is 1.94 bits per heavy atom. The molecule has 0 saturated heterocycles. The first-order chi connectivity index (χ1) is 7.27. The highest BCUT2D eigenvalue weighted by molar-refractivity contribution is 14.1. The first-order valence-corrected chi connectivity index (χ1v) is 5.22. The molecule has 0 fully saturated rings. The van der Waals surface area contributed by atoms with Crippen molar-refractivity contribution in [2.75, 3.05) is 0 Å². The summed E-state index contributed by atoms with van der Waals surface area (Å²) in [7, 11) is 0. The number of halogens is 4. The van der Waals surface area contributed by atoms with E-state index in [1.807, 2.05) is 0 Å². The number of carbonyl (C=O) groups is 2. The van der Waals surface area contributed by atoms with E-state index < -0.39 is 23.1 Å². The molecular formula is C10H6F3IO2. The van der Waals surface area contributed by atoms with Gasteiger partial charge in [-0.1, -0.05) is 0 Å². The van der Waals surface area contributed by atoms with Crippen molar-refractivity contribution in [2.45, 2.75) is 13.1 Å². The van der Waals surface area contributed by atoms with Crippen LogP contribution in [-0.2, 0) is 6.18 Å². The smallest absolute Gasteiger partial charge is 0.298 e. The van der Waals surface area contributed by atoms with Crippen LogP contribution in [0.5, 0.6) is 0 Å². The molecule has 0 saturated carbocycles. The highest BCUT2D eigenvalue weighted by Gasteiger charge is 2.35. The Hall–Kier alpha value is -0.920. The number of rotatable bonds is 2. The van der Waals surface area contributed by atoms with Crippen LogP contribution in [0.15, 0.2) is 12.1 Å². The first kappa shape index (κ1) is 13.1. The molecule has 16 heavy (non-hydrogen) atoms. The minimum atomic E-state index is -4.64. The third-order valence-corrected chi connectivity index (χ3v) is 2.88. The van der Waals surface area contributed by atoms with Crippen LogP contribution < -0.4 is 0 Å². The van der Waals surface area contributed by atoms with Gasteiger partial charge in [-0.25, -0.2) is 0 Å². The van der Waals surface area contributed by atoms with E-state index in [0.29, 0.717) is 15.9 Å². The van der Waals surface area contributed by atoms with E-state index >= 15 is 0 Å². The summed E-state index contributed by atoms with van der Waals surface area (Å²) in [6.07, 6.45) is -4.30. The number of aldehydes is 1. The van der Waals surface area contributed by atoms with Crippen LogP contribution in [0.3, 0.4) is 0 Å². The maximum atomic E-state index is 12.6. The molecule has 1 rings (SSSR count). The third kappa shape index (κ3) is 2.60. The zero-order valence-corrected chi connectivity index (χ0v) is 10.2. The fraction of sp³-hybridized carbons (Fsp3) is 0.200. The van der Waals surface area contributed by atoms with Crippen LogP contribution in [0.2, 0.25) is 0 Å². The highest BCUT2D eigenvalue weighted by Crippen LogP contribution is 2.34. The molecule has 0 radical (unpaired) electrons. The Morgan fingerprint density at radius 3 is 2.31 bits per heavy atom. The van der Waals surface area contributed by atoms with E-state index in [1.165, 1.54) is 0 Å². The van der Waals surface area contributed by atoms with Gasteiger partial charge in [-0.05, 0) is 41.6 Å². The lowest BCUT2D eigenvalue weighted by Gasteiger charge is -2.12. The van der Waals surface area contributed by atoms with Gasteiger partial charge in [0, 0.05) is 14.7 Å². The van der Waals surface area contributed by atoms with Crippen LogP contribution in [-0.4, -0.2) is 12.1 Å². The fourth-order valence-electron chi connectivity index (χ4n) is 1.21. The summed E-state index contributed by atoms with van der Waals surface area (Å²) in [6.45, 7) is 1.06. The Kier molecular flexibility index (Phi) is 3.72. The molecule has 0 bridgehead atoms. The van der Waals surface area contributed by atoms with Gasteiger partial charge >= 0.3 is 6.18 Å². The number of carbonyl (C=O) groups excluding carboxylic acids is 2. The Bertz CT molecular complexity index is 452. The molecule has 0 spiro atoms. The molecule has 0 aliphatic heterocycles. The average molecular weight is 342 g/mol. The molecule has 0 atom stereocenters. The van der Waals surface area contributed by atoms with Gasteiger partial charge < -0.3 is 0 Å². The topological polar surface area (TPSA) is 34.1 Å². The average Bonchev–Trinajstić information content (AvgIpc) is 2.15. The van der Waals surface area contributed by atoms with E-state index in [1.54, 1.807) is 22.6 Å². The predicted octanol–water partition coefficient (Wildman–Crippen LogP) is 3.33. The predicted molar refractivity (Wildman–Crippen MR) is 59.6 cm³/mol. The molecule has 6 heteroatoms. The van der Waals surface area contributed by atoms with Crippen molar-refractivity contribution >= 4 is 34.7 Å². The lowest BCUT2D eigenvalue weighted by atomic mass is 10.0. The lowest BCUT2D eigenvalue weighted by Crippen LogP contribution is -2.13. The minimum Gasteiger partial charge on any atom is -0.298 e. The van der Waals surface area contributed by atoms with Crippen LogP contribution in [0, 0.1) is 3.57 Å². The van der Waals surface area contributed by atoms with Crippen LogP contribution >= 0.6 is 22.6 Å². The summed E-state index contributed by atoms with van der Waals surface area (Å²) in [5.74, 6) is -0.678. The van der Waals surface area contributed by atoms with Gasteiger partial charge in [-0.3, -0.25) is 9.59 Å². The van der Waals surface area contributed by atoms with Crippen molar-refractivity contribution in [3.8, 4) is 0 Å². The van der Waals surface area contributed by atoms with Gasteiger partial charge in [0.1, 0.15) is 0 Å². The maximum Gasteiger partial charge on any atom is 0.417 e. The van der Waals surface area contributed by atoms with Crippen molar-refractivity contribution < 1.29 is 22.8 Å². The number of Topliss-reactive ketones (excluding diaryl/α,β-unsaturated/α-hetero) is 1. The minimum absolute atomic E-state index is 0.0714. The summed E-state index contributed by atoms with van der Waals surface area (Å²) < 4.78 is 38.1. The van der Waals surface area contributed by atoms with Gasteiger partial charge in [0.15, 0.2) is 12.1 Å². The normalized spacial score (nSPS) is 11.3. The SMILES string of the molecule is CC(=O)c1cc(I)c(C=O)cc1C(F)(F)F. The second-order valence-corrected chi connectivity index (χ2v) is 4.25. The number of alkyl halides is 3. The van der Waals surface area contributed by atoms with Crippen molar-refractivity contribution in [1.82, 2.24) is 0 Å². The van der Waals surface area contributed by atoms with Crippen molar-refractivity contribution in [3.05, 3.63) is 32.4 Å². The Balaban J connectivity index is 3.55. The molecule has 86 valence electrons. The molecule has 0 heterocycles. The first-order valence-electron chi connectivity index (χ1n) is 4.14. The molecule has 0 aromatic heterocycles. The summed E-state index contributed by atoms with van der Waals surface area (Å²) in [6, 6.07) is 1.78. The second kappa shape index (κ2) is 4.52. The van der Waals surface area contributed by atoms with E-state index in [0.717, 1.165) is 13.0 Å². The van der Waals surface area contributed by atoms with Gasteiger partial charge in [0.05, 0.1) is 5.56 Å². The second-order valence-electron chi connectivity index (χ2n) is 3.09. The van der Waals surface area contributed by atoms with Gasteiger partial charge in [0.2, 0.25) is 0 Å². The molecule has 2 nitrogen and oxygen atoms in total. The van der Waals surface area contributed by atoms with E-state index in [4.69, 9.17) is 0 Å². The lowest BCUT2D eigenvalue weighted by molar-refractivity contribution is -0.137. The summed E-state index contributed by atoms with van der Waals surface area (Å²) in [4.78, 5) is 21.6. The summed E-state index contributed by atoms with van der Waals surface area (Å²) in [5.41, 5.74) is -1.55. The molecule has 0 aliphatic rings. The molecule has 1 aromatic carbocycles. The number of ketones is 1. The maximum absolute atomic E-state index is 12.6. The number of hydrogen-bond acceptors (Lipinski definition) is 2. The Labute approximate surface area is 103 Å². The molecule has 0 N–H and O–H groups in total. The Morgan fingerprint density at radius 1 is 1.38 bits per heavy atom. The van der Waals surface area contributed by atoms with Crippen molar-refractivity contribution in [3.63, 3.8) is 0 Å². The van der Waals surface area contributed by atoms with Crippen molar-refractivity contribution in [2.24, 2.45) is 0 Å². The van der Waals surface area contributed by atoms with Crippen LogP contribution in [0.4, 0.5) is 13.2 Å². The zero-order valence-electron chi connectivity index (χ0n) is 8.06. The molecule has 1 aromatic rings. The summed E-state index contributed by atoms with van der Waals surface area (Å²) >= 11 is 1.71. The van der Waals surface area contributed by atoms with Crippen molar-refractivity contribution in [1.29, 1.82) is 0 Å². The molecule has 0 amide bonds. The zero-order chi connectivity index (χ0) is 12.5. The molecule has 0 aliphatic carbocycles. The van der Waals surface area contributed by atoms with Crippen LogP contribution in [0.25, 0.3) is 0 Å². The quantitative estimate of drug-likeness (QED) is 0.469. The van der Waals surface area contributed by atoms with Gasteiger partial charge in [-0.15, -0.1) is 0 Å². The molecular weight excluding hydrogens is 336 g/mol. The standard InChI is InChI=1S/C10H6F3IO2/c1-5(16)7-3-9(14)6(4-15)2-8(7)10(11,12)13/h2-4H,1H3. The van der Waals surface area contributed by atoms with E-state index in [-0.39, 0.29) is 5.56 Å². The highest BCUT2D eigenvalue weighted by atomic mass is 127. The third-order valence-electron chi connectivity index (χ3n) is 1.95. The number of benzene rings is 1. The van der Waals surface area contributed by atoms with Gasteiger partial charge in [0.25, 0.3) is 0 Å². The van der Waals surface area contributed by atoms with Crippen LogP contribution in [0.1, 0.15) is 33.2 Å². The number of hydrogen-bond donors (Lipinski definition) is 0. The molecule has 0 unspecified atom stereocenters. The summed E-state index contributed by atoms with van der Waals surface area (Å²) in [5, 5.41) is 0.